The van der Waals surface area contributed by atoms with Gasteiger partial charge in [0.05, 0.1) is 0 Å². The number of benzene rings is 1. The second-order valence-corrected chi connectivity index (χ2v) is 8.21. The molecule has 0 amide bonds. The van der Waals surface area contributed by atoms with E-state index in [1.807, 2.05) is 11.3 Å². The second kappa shape index (κ2) is 6.04. The molecule has 0 saturated carbocycles. The lowest BCUT2D eigenvalue weighted by Crippen LogP contribution is -2.35. The lowest BCUT2D eigenvalue weighted by molar-refractivity contribution is 0.145. The van der Waals surface area contributed by atoms with E-state index in [9.17, 15) is 0 Å². The molecule has 3 atom stereocenters. The fourth-order valence-corrected chi connectivity index (χ4v) is 5.18. The van der Waals surface area contributed by atoms with Crippen molar-refractivity contribution in [1.82, 2.24) is 9.80 Å². The Labute approximate surface area is 143 Å². The van der Waals surface area contributed by atoms with E-state index in [1.54, 1.807) is 11.1 Å². The third-order valence-corrected chi connectivity index (χ3v) is 6.53. The van der Waals surface area contributed by atoms with Crippen molar-refractivity contribution >= 4 is 11.3 Å². The van der Waals surface area contributed by atoms with E-state index in [1.165, 1.54) is 18.7 Å². The molecule has 1 aromatic heterocycles. The lowest BCUT2D eigenvalue weighted by Gasteiger charge is -2.33. The Bertz CT molecular complexity index is 664. The van der Waals surface area contributed by atoms with Crippen LogP contribution >= 0.6 is 11.3 Å². The van der Waals surface area contributed by atoms with E-state index < -0.39 is 0 Å². The van der Waals surface area contributed by atoms with Gasteiger partial charge in [0.1, 0.15) is 0 Å². The largest absolute Gasteiger partial charge is 0.298 e. The maximum absolute atomic E-state index is 2.66. The fraction of sp³-hybridized carbons (Fsp3) is 0.500. The molecule has 1 aliphatic heterocycles. The molecule has 0 radical (unpaired) electrons. The Balaban J connectivity index is 1.61. The van der Waals surface area contributed by atoms with E-state index in [-0.39, 0.29) is 0 Å². The van der Waals surface area contributed by atoms with Crippen LogP contribution in [0.1, 0.15) is 42.5 Å². The summed E-state index contributed by atoms with van der Waals surface area (Å²) in [6.07, 6.45) is 0. The molecule has 4 rings (SSSR count). The van der Waals surface area contributed by atoms with Crippen LogP contribution in [0, 0.1) is 5.92 Å². The van der Waals surface area contributed by atoms with Gasteiger partial charge in [0.25, 0.3) is 0 Å². The molecule has 1 fully saturated rings. The molecule has 2 nitrogen and oxygen atoms in total. The molecule has 1 saturated heterocycles. The van der Waals surface area contributed by atoms with Gasteiger partial charge in [-0.2, -0.15) is 11.3 Å². The van der Waals surface area contributed by atoms with E-state index in [4.69, 9.17) is 0 Å². The first-order chi connectivity index (χ1) is 11.1. The Morgan fingerprint density at radius 2 is 1.96 bits per heavy atom. The van der Waals surface area contributed by atoms with Gasteiger partial charge in [-0.3, -0.25) is 9.80 Å². The van der Waals surface area contributed by atoms with Gasteiger partial charge >= 0.3 is 0 Å². The van der Waals surface area contributed by atoms with Crippen molar-refractivity contribution < 1.29 is 0 Å². The van der Waals surface area contributed by atoms with Crippen LogP contribution in [0.5, 0.6) is 0 Å². The smallest absolute Gasteiger partial charge is 0.0397 e. The summed E-state index contributed by atoms with van der Waals surface area (Å²) in [5.74, 6) is 1.44. The van der Waals surface area contributed by atoms with Gasteiger partial charge in [0, 0.05) is 37.6 Å². The summed E-state index contributed by atoms with van der Waals surface area (Å²) in [5, 5.41) is 4.48. The summed E-state index contributed by atoms with van der Waals surface area (Å²) in [4.78, 5) is 5.24. The van der Waals surface area contributed by atoms with Crippen LogP contribution in [-0.2, 0) is 6.54 Å². The average molecular weight is 327 g/mol. The van der Waals surface area contributed by atoms with Crippen molar-refractivity contribution in [3.63, 3.8) is 0 Å². The molecule has 0 bridgehead atoms. The van der Waals surface area contributed by atoms with Crippen molar-refractivity contribution in [3.05, 3.63) is 57.8 Å². The number of thiophene rings is 1. The molecule has 3 heteroatoms. The Hall–Kier alpha value is -1.16. The summed E-state index contributed by atoms with van der Waals surface area (Å²) >= 11 is 1.81. The Kier molecular flexibility index (Phi) is 4.04. The van der Waals surface area contributed by atoms with Crippen LogP contribution in [0.25, 0.3) is 0 Å². The zero-order chi connectivity index (χ0) is 16.0. The third-order valence-electron chi connectivity index (χ3n) is 5.80. The van der Waals surface area contributed by atoms with Crippen LogP contribution in [0.4, 0.5) is 0 Å². The van der Waals surface area contributed by atoms with Gasteiger partial charge < -0.3 is 0 Å². The minimum Gasteiger partial charge on any atom is -0.298 e. The highest BCUT2D eigenvalue weighted by Crippen LogP contribution is 2.51. The maximum atomic E-state index is 2.66. The molecule has 0 spiro atoms. The van der Waals surface area contributed by atoms with Gasteiger partial charge in [-0.25, -0.2) is 0 Å². The monoisotopic (exact) mass is 326 g/mol. The first-order valence-electron chi connectivity index (χ1n) is 8.69. The highest BCUT2D eigenvalue weighted by molar-refractivity contribution is 7.07. The summed E-state index contributed by atoms with van der Waals surface area (Å²) in [7, 11) is 2.30. The Morgan fingerprint density at radius 1 is 1.17 bits per heavy atom. The number of nitrogens with zero attached hydrogens (tertiary/aromatic N) is 2. The lowest BCUT2D eigenvalue weighted by atomic mass is 9.93. The minimum atomic E-state index is 0.573. The van der Waals surface area contributed by atoms with Crippen molar-refractivity contribution in [3.8, 4) is 0 Å². The molecular weight excluding hydrogens is 300 g/mol. The Morgan fingerprint density at radius 3 is 2.65 bits per heavy atom. The number of likely N-dealkylation sites (tertiary alicyclic amines) is 1. The SMILES string of the molecule is CC(C)N(C)[C@H]1c2ccccc2[C@@H]2CN(Cc3ccsc3)C[C@@H]21. The van der Waals surface area contributed by atoms with Gasteiger partial charge in [-0.05, 0) is 60.3 Å². The third kappa shape index (κ3) is 2.65. The molecule has 1 aliphatic carbocycles. The minimum absolute atomic E-state index is 0.573. The zero-order valence-electron chi connectivity index (χ0n) is 14.3. The predicted octanol–water partition coefficient (Wildman–Crippen LogP) is 4.36. The molecule has 1 aromatic carbocycles. The first kappa shape index (κ1) is 15.4. The standard InChI is InChI=1S/C20H26N2S/c1-14(2)21(3)20-17-7-5-4-6-16(17)18-11-22(12-19(18)20)10-15-8-9-23-13-15/h4-9,13-14,18-20H,10-12H2,1-3H3/t18-,19-,20-/m0/s1. The van der Waals surface area contributed by atoms with Crippen LogP contribution in [-0.4, -0.2) is 36.0 Å². The normalized spacial score (nSPS) is 26.9. The maximum Gasteiger partial charge on any atom is 0.0397 e. The molecular formula is C20H26N2S. The molecule has 2 aromatic rings. The molecule has 0 N–H and O–H groups in total. The van der Waals surface area contributed by atoms with Crippen molar-refractivity contribution in [2.75, 3.05) is 20.1 Å². The zero-order valence-corrected chi connectivity index (χ0v) is 15.1. The average Bonchev–Trinajstić information content (AvgIpc) is 3.23. The summed E-state index contributed by atoms with van der Waals surface area (Å²) in [6, 6.07) is 12.6. The van der Waals surface area contributed by atoms with E-state index in [0.717, 1.165) is 12.5 Å². The number of hydrogen-bond acceptors (Lipinski definition) is 3. The summed E-state index contributed by atoms with van der Waals surface area (Å²) in [6.45, 7) is 8.16. The van der Waals surface area contributed by atoms with Crippen LogP contribution in [0.15, 0.2) is 41.1 Å². The van der Waals surface area contributed by atoms with Gasteiger partial charge in [-0.1, -0.05) is 24.3 Å². The van der Waals surface area contributed by atoms with Crippen molar-refractivity contribution in [1.29, 1.82) is 0 Å². The molecule has 0 unspecified atom stereocenters. The van der Waals surface area contributed by atoms with Crippen LogP contribution in [0.2, 0.25) is 0 Å². The highest BCUT2D eigenvalue weighted by atomic mass is 32.1. The predicted molar refractivity (Wildman–Crippen MR) is 97.9 cm³/mol. The van der Waals surface area contributed by atoms with E-state index >= 15 is 0 Å². The molecule has 2 heterocycles. The first-order valence-corrected chi connectivity index (χ1v) is 9.63. The van der Waals surface area contributed by atoms with Gasteiger partial charge in [-0.15, -0.1) is 0 Å². The molecule has 122 valence electrons. The van der Waals surface area contributed by atoms with Gasteiger partial charge in [0.2, 0.25) is 0 Å². The van der Waals surface area contributed by atoms with E-state index in [0.29, 0.717) is 18.0 Å². The van der Waals surface area contributed by atoms with Crippen molar-refractivity contribution in [2.24, 2.45) is 5.92 Å². The fourth-order valence-electron chi connectivity index (χ4n) is 4.52. The molecule has 23 heavy (non-hydrogen) atoms. The summed E-state index contributed by atoms with van der Waals surface area (Å²) in [5.41, 5.74) is 4.65. The number of hydrogen-bond donors (Lipinski definition) is 0. The quantitative estimate of drug-likeness (QED) is 0.824. The summed E-state index contributed by atoms with van der Waals surface area (Å²) < 4.78 is 0. The van der Waals surface area contributed by atoms with Gasteiger partial charge in [0.15, 0.2) is 0 Å². The van der Waals surface area contributed by atoms with Crippen LogP contribution in [0.3, 0.4) is 0 Å². The highest BCUT2D eigenvalue weighted by Gasteiger charge is 2.47. The topological polar surface area (TPSA) is 6.48 Å². The van der Waals surface area contributed by atoms with Crippen LogP contribution < -0.4 is 0 Å². The van der Waals surface area contributed by atoms with Crippen molar-refractivity contribution in [2.45, 2.75) is 38.4 Å². The number of fused-ring (bicyclic) bond motifs is 3. The second-order valence-electron chi connectivity index (χ2n) is 7.43. The number of rotatable bonds is 4. The van der Waals surface area contributed by atoms with E-state index in [2.05, 4.69) is 71.8 Å². The molecule has 2 aliphatic rings.